The summed E-state index contributed by atoms with van der Waals surface area (Å²) in [5.41, 5.74) is 0.447. The first-order valence-corrected chi connectivity index (χ1v) is 8.44. The van der Waals surface area contributed by atoms with E-state index in [-0.39, 0.29) is 21.7 Å². The van der Waals surface area contributed by atoms with Gasteiger partial charge >= 0.3 is 0 Å². The van der Waals surface area contributed by atoms with Crippen LogP contribution in [0.4, 0.5) is 5.69 Å². The van der Waals surface area contributed by atoms with Crippen molar-refractivity contribution in [1.29, 1.82) is 0 Å². The number of benzene rings is 1. The zero-order valence-corrected chi connectivity index (χ0v) is 14.3. The molecule has 0 spiro atoms. The molecule has 3 nitrogen and oxygen atoms in total. The maximum absolute atomic E-state index is 12.9. The Kier molecular flexibility index (Phi) is 3.45. The largest absolute Gasteiger partial charge is 0.299 e. The molecule has 1 aromatic carbocycles. The molecule has 4 atom stereocenters. The van der Waals surface area contributed by atoms with Gasteiger partial charge in [-0.1, -0.05) is 54.9 Å². The number of carbonyl (C=O) groups excluding carboxylic acids is 1. The van der Waals surface area contributed by atoms with Gasteiger partial charge in [0.05, 0.1) is 11.6 Å². The predicted molar refractivity (Wildman–Crippen MR) is 86.5 cm³/mol. The lowest BCUT2D eigenvalue weighted by Gasteiger charge is -2.33. The Labute approximate surface area is 134 Å². The van der Waals surface area contributed by atoms with Gasteiger partial charge in [0.1, 0.15) is 10.7 Å². The Hall–Kier alpha value is -0.870. The lowest BCUT2D eigenvalue weighted by molar-refractivity contribution is -0.131. The number of para-hydroxylation sites is 1. The summed E-state index contributed by atoms with van der Waals surface area (Å²) in [5.74, 6) is 0.447. The van der Waals surface area contributed by atoms with Gasteiger partial charge in [-0.2, -0.15) is 0 Å². The lowest BCUT2D eigenvalue weighted by Crippen LogP contribution is -2.42. The number of hydrogen-bond acceptors (Lipinski definition) is 3. The number of Topliss-reactive ketones (excluding diaryl/α,β-unsaturated/α-hetero) is 1. The number of anilines is 1. The summed E-state index contributed by atoms with van der Waals surface area (Å²) in [6, 6.07) is 9.36. The molecule has 114 valence electrons. The van der Waals surface area contributed by atoms with E-state index >= 15 is 0 Å². The van der Waals surface area contributed by atoms with Gasteiger partial charge in [0.2, 0.25) is 0 Å². The third kappa shape index (κ3) is 1.92. The second-order valence-corrected chi connectivity index (χ2v) is 8.08. The summed E-state index contributed by atoms with van der Waals surface area (Å²) >= 11 is 3.58. The van der Waals surface area contributed by atoms with Gasteiger partial charge in [0.25, 0.3) is 0 Å². The highest BCUT2D eigenvalue weighted by molar-refractivity contribution is 9.09. The second kappa shape index (κ2) is 4.82. The highest BCUT2D eigenvalue weighted by atomic mass is 79.9. The number of rotatable bonds is 3. The van der Waals surface area contributed by atoms with Gasteiger partial charge in [-0.15, -0.1) is 0 Å². The van der Waals surface area contributed by atoms with Crippen LogP contribution in [0.5, 0.6) is 0 Å². The van der Waals surface area contributed by atoms with Crippen LogP contribution in [-0.4, -0.2) is 15.9 Å². The molecule has 2 saturated carbocycles. The number of hydrogen-bond donors (Lipinski definition) is 1. The molecular formula is C17H22BrNO2. The van der Waals surface area contributed by atoms with Crippen molar-refractivity contribution in [3.05, 3.63) is 30.3 Å². The molecule has 1 N–H and O–H groups in total. The molecule has 0 radical (unpaired) electrons. The monoisotopic (exact) mass is 351 g/mol. The number of nitrogens with zero attached hydrogens (tertiary/aromatic N) is 1. The molecule has 0 aromatic heterocycles. The molecule has 1 aromatic rings. The molecule has 0 aliphatic heterocycles. The van der Waals surface area contributed by atoms with Crippen molar-refractivity contribution in [1.82, 2.24) is 0 Å². The van der Waals surface area contributed by atoms with Crippen LogP contribution in [0, 0.1) is 22.7 Å². The molecule has 0 heterocycles. The zero-order valence-electron chi connectivity index (χ0n) is 12.7. The average Bonchev–Trinajstić information content (AvgIpc) is 2.79. The third-order valence-electron chi connectivity index (χ3n) is 6.14. The molecule has 0 unspecified atom stereocenters. The number of alkyl halides is 1. The van der Waals surface area contributed by atoms with Gasteiger partial charge in [-0.25, -0.2) is 5.06 Å². The fourth-order valence-electron chi connectivity index (χ4n) is 4.35. The fourth-order valence-corrected chi connectivity index (χ4v) is 5.19. The van der Waals surface area contributed by atoms with Crippen LogP contribution in [0.15, 0.2) is 30.3 Å². The molecule has 21 heavy (non-hydrogen) atoms. The van der Waals surface area contributed by atoms with Gasteiger partial charge in [0.15, 0.2) is 0 Å². The van der Waals surface area contributed by atoms with E-state index in [4.69, 9.17) is 0 Å². The Morgan fingerprint density at radius 2 is 1.90 bits per heavy atom. The van der Waals surface area contributed by atoms with Crippen molar-refractivity contribution in [2.75, 3.05) is 5.06 Å². The smallest absolute Gasteiger partial charge is 0.145 e. The predicted octanol–water partition coefficient (Wildman–Crippen LogP) is 4.24. The highest BCUT2D eigenvalue weighted by Crippen LogP contribution is 2.66. The lowest BCUT2D eigenvalue weighted by atomic mass is 9.70. The number of halogens is 1. The van der Waals surface area contributed by atoms with Crippen molar-refractivity contribution in [2.24, 2.45) is 22.7 Å². The molecule has 2 bridgehead atoms. The Balaban J connectivity index is 1.90. The molecule has 2 aliphatic rings. The van der Waals surface area contributed by atoms with E-state index in [9.17, 15) is 10.0 Å². The maximum Gasteiger partial charge on any atom is 0.145 e. The van der Waals surface area contributed by atoms with Gasteiger partial charge in [0, 0.05) is 5.41 Å². The fraction of sp³-hybridized carbons (Fsp3) is 0.588. The van der Waals surface area contributed by atoms with Crippen LogP contribution in [0.1, 0.15) is 33.6 Å². The number of fused-ring (bicyclic) bond motifs is 2. The standard InChI is InChI=1S/C17H22BrNO2/c1-16(2)12-9-10-17(16,3)14(20)13(12)15(18)19(21)11-7-5-4-6-8-11/h4-8,12-13,15,21H,9-10H2,1-3H3/t12-,13-,15+,17+/m0/s1. The van der Waals surface area contributed by atoms with Crippen LogP contribution in [0.3, 0.4) is 0 Å². The summed E-state index contributed by atoms with van der Waals surface area (Å²) < 4.78 is 0. The minimum absolute atomic E-state index is 0.00169. The maximum atomic E-state index is 12.9. The van der Waals surface area contributed by atoms with Crippen molar-refractivity contribution in [2.45, 2.75) is 38.6 Å². The molecule has 2 fully saturated rings. The average molecular weight is 352 g/mol. The van der Waals surface area contributed by atoms with E-state index in [1.54, 1.807) is 0 Å². The van der Waals surface area contributed by atoms with E-state index in [0.29, 0.717) is 17.4 Å². The summed E-state index contributed by atoms with van der Waals surface area (Å²) in [6.07, 6.45) is 2.03. The molecule has 3 rings (SSSR count). The first kappa shape index (κ1) is 15.0. The number of ketones is 1. The van der Waals surface area contributed by atoms with Crippen LogP contribution < -0.4 is 5.06 Å². The summed E-state index contributed by atoms with van der Waals surface area (Å²) in [5, 5.41) is 11.7. The van der Waals surface area contributed by atoms with Crippen LogP contribution in [0.25, 0.3) is 0 Å². The highest BCUT2D eigenvalue weighted by Gasteiger charge is 2.67. The van der Waals surface area contributed by atoms with Crippen LogP contribution >= 0.6 is 15.9 Å². The van der Waals surface area contributed by atoms with Gasteiger partial charge in [-0.3, -0.25) is 10.0 Å². The van der Waals surface area contributed by atoms with E-state index in [1.165, 1.54) is 5.06 Å². The zero-order chi connectivity index (χ0) is 15.4. The van der Waals surface area contributed by atoms with Crippen LogP contribution in [-0.2, 0) is 4.79 Å². The summed E-state index contributed by atoms with van der Waals surface area (Å²) in [4.78, 5) is 12.5. The Morgan fingerprint density at radius 1 is 1.29 bits per heavy atom. The van der Waals surface area contributed by atoms with Crippen molar-refractivity contribution >= 4 is 27.4 Å². The molecular weight excluding hydrogens is 330 g/mol. The summed E-state index contributed by atoms with van der Waals surface area (Å²) in [6.45, 7) is 6.50. The van der Waals surface area contributed by atoms with E-state index in [0.717, 1.165) is 12.8 Å². The number of hydroxylamine groups is 1. The first-order valence-electron chi connectivity index (χ1n) is 7.52. The van der Waals surface area contributed by atoms with Gasteiger partial charge in [-0.05, 0) is 36.3 Å². The number of carbonyl (C=O) groups is 1. The Morgan fingerprint density at radius 3 is 2.43 bits per heavy atom. The Bertz CT molecular complexity index is 559. The molecule has 2 aliphatic carbocycles. The van der Waals surface area contributed by atoms with Crippen molar-refractivity contribution in [3.63, 3.8) is 0 Å². The summed E-state index contributed by atoms with van der Waals surface area (Å²) in [7, 11) is 0. The molecule has 4 heteroatoms. The first-order chi connectivity index (χ1) is 9.80. The molecule has 0 amide bonds. The van der Waals surface area contributed by atoms with Crippen LogP contribution in [0.2, 0.25) is 0 Å². The van der Waals surface area contributed by atoms with E-state index in [2.05, 4.69) is 36.7 Å². The topological polar surface area (TPSA) is 40.5 Å². The minimum Gasteiger partial charge on any atom is -0.299 e. The third-order valence-corrected chi connectivity index (χ3v) is 7.09. The van der Waals surface area contributed by atoms with Crippen molar-refractivity contribution in [3.8, 4) is 0 Å². The van der Waals surface area contributed by atoms with E-state index in [1.807, 2.05) is 30.3 Å². The quantitative estimate of drug-likeness (QED) is 0.502. The SMILES string of the molecule is CC1(C)[C@H]2CC[C@]1(C)C(=O)[C@H]2[C@H](Br)N(O)c1ccccc1. The van der Waals surface area contributed by atoms with E-state index < -0.39 is 0 Å². The second-order valence-electron chi connectivity index (χ2n) is 7.14. The molecule has 0 saturated heterocycles. The normalized spacial score (nSPS) is 35.0. The van der Waals surface area contributed by atoms with Crippen molar-refractivity contribution < 1.29 is 10.0 Å². The minimum atomic E-state index is -0.376. The van der Waals surface area contributed by atoms with Gasteiger partial charge < -0.3 is 0 Å².